The van der Waals surface area contributed by atoms with E-state index in [0.717, 1.165) is 0 Å². The minimum Gasteiger partial charge on any atom is -0.550 e. The van der Waals surface area contributed by atoms with Crippen LogP contribution in [0, 0.1) is 23.7 Å². The first-order valence-corrected chi connectivity index (χ1v) is 7.38. The summed E-state index contributed by atoms with van der Waals surface area (Å²) in [4.78, 5) is 23.7. The van der Waals surface area contributed by atoms with Gasteiger partial charge in [0.2, 0.25) is 5.91 Å². The molecule has 1 aromatic rings. The van der Waals surface area contributed by atoms with Crippen LogP contribution in [0.15, 0.2) is 30.4 Å². The number of carbonyl (C=O) groups excluding carboxylic acids is 2. The number of nitrogens with one attached hydrogen (secondary N) is 1. The summed E-state index contributed by atoms with van der Waals surface area (Å²) in [6, 6.07) is 4.75. The van der Waals surface area contributed by atoms with Crippen molar-refractivity contribution in [3.05, 3.63) is 40.4 Å². The molecular formula is C15H12Cl2NO3-. The molecule has 1 amide bonds. The van der Waals surface area contributed by atoms with Crippen LogP contribution in [0.2, 0.25) is 10.0 Å². The summed E-state index contributed by atoms with van der Waals surface area (Å²) in [7, 11) is 0. The third-order valence-electron chi connectivity index (χ3n) is 4.22. The monoisotopic (exact) mass is 324 g/mol. The quantitative estimate of drug-likeness (QED) is 0.866. The van der Waals surface area contributed by atoms with E-state index in [1.54, 1.807) is 18.2 Å². The molecule has 2 bridgehead atoms. The van der Waals surface area contributed by atoms with Crippen molar-refractivity contribution in [1.29, 1.82) is 0 Å². The fourth-order valence-electron chi connectivity index (χ4n) is 3.30. The standard InChI is InChI=1S/C15H13Cl2NO3/c16-10-4-3-9(6-11(10)17)18-14(19)12-7-1-2-8(5-7)13(12)15(20)21/h1-4,6-8,12-13H,5H2,(H,18,19)(H,20,21)/p-1/t7-,8+,12+,13+/m1/s1. The van der Waals surface area contributed by atoms with E-state index in [2.05, 4.69) is 5.32 Å². The molecule has 3 rings (SSSR count). The number of aliphatic carboxylic acids is 1. The molecule has 2 aliphatic carbocycles. The minimum atomic E-state index is -1.17. The van der Waals surface area contributed by atoms with Crippen LogP contribution in [0.4, 0.5) is 5.69 Å². The fourth-order valence-corrected chi connectivity index (χ4v) is 3.60. The Kier molecular flexibility index (Phi) is 3.68. The summed E-state index contributed by atoms with van der Waals surface area (Å²) in [6.07, 6.45) is 4.48. The Labute approximate surface area is 131 Å². The molecular weight excluding hydrogens is 313 g/mol. The van der Waals surface area contributed by atoms with Gasteiger partial charge >= 0.3 is 0 Å². The van der Waals surface area contributed by atoms with Crippen molar-refractivity contribution < 1.29 is 14.7 Å². The highest BCUT2D eigenvalue weighted by Gasteiger charge is 2.48. The Hall–Kier alpha value is -1.52. The predicted molar refractivity (Wildman–Crippen MR) is 77.8 cm³/mol. The number of hydrogen-bond donors (Lipinski definition) is 1. The number of rotatable bonds is 3. The van der Waals surface area contributed by atoms with E-state index in [9.17, 15) is 14.7 Å². The molecule has 0 spiro atoms. The van der Waals surface area contributed by atoms with Crippen LogP contribution in [0.1, 0.15) is 6.42 Å². The maximum atomic E-state index is 12.4. The molecule has 4 atom stereocenters. The van der Waals surface area contributed by atoms with Gasteiger partial charge in [-0.3, -0.25) is 4.79 Å². The van der Waals surface area contributed by atoms with Crippen molar-refractivity contribution in [2.24, 2.45) is 23.7 Å². The lowest BCUT2D eigenvalue weighted by Crippen LogP contribution is -2.42. The van der Waals surface area contributed by atoms with Gasteiger partial charge in [-0.15, -0.1) is 0 Å². The number of allylic oxidation sites excluding steroid dienone is 2. The van der Waals surface area contributed by atoms with E-state index < -0.39 is 17.8 Å². The van der Waals surface area contributed by atoms with E-state index in [-0.39, 0.29) is 17.7 Å². The Bertz CT molecular complexity index is 644. The third-order valence-corrected chi connectivity index (χ3v) is 4.96. The van der Waals surface area contributed by atoms with Crippen molar-refractivity contribution in [3.63, 3.8) is 0 Å². The van der Waals surface area contributed by atoms with Gasteiger partial charge in [0.05, 0.1) is 16.0 Å². The lowest BCUT2D eigenvalue weighted by molar-refractivity contribution is -0.313. The summed E-state index contributed by atoms with van der Waals surface area (Å²) >= 11 is 11.7. The maximum Gasteiger partial charge on any atom is 0.228 e. The second kappa shape index (κ2) is 5.35. The average molecular weight is 325 g/mol. The molecule has 0 heterocycles. The molecule has 110 valence electrons. The van der Waals surface area contributed by atoms with Crippen molar-refractivity contribution in [1.82, 2.24) is 0 Å². The Morgan fingerprint density at radius 3 is 2.38 bits per heavy atom. The van der Waals surface area contributed by atoms with E-state index in [0.29, 0.717) is 22.2 Å². The van der Waals surface area contributed by atoms with Gasteiger partial charge in [0.25, 0.3) is 0 Å². The molecule has 1 fully saturated rings. The normalized spacial score (nSPS) is 29.6. The SMILES string of the molecule is O=C(Nc1ccc(Cl)c(Cl)c1)[C@@H]1[C@@H](C(=O)[O-])[C@H]2C=C[C@@H]1C2. The van der Waals surface area contributed by atoms with Gasteiger partial charge in [0, 0.05) is 17.6 Å². The third kappa shape index (κ3) is 2.54. The highest BCUT2D eigenvalue weighted by atomic mass is 35.5. The molecule has 2 aliphatic rings. The molecule has 1 aromatic carbocycles. The maximum absolute atomic E-state index is 12.4. The number of fused-ring (bicyclic) bond motifs is 2. The molecule has 1 N–H and O–H groups in total. The number of carboxylic acids is 1. The smallest absolute Gasteiger partial charge is 0.228 e. The number of hydrogen-bond acceptors (Lipinski definition) is 3. The van der Waals surface area contributed by atoms with Crippen LogP contribution < -0.4 is 10.4 Å². The van der Waals surface area contributed by atoms with Crippen LogP contribution in [0.3, 0.4) is 0 Å². The predicted octanol–water partition coefficient (Wildman–Crippen LogP) is 2.12. The molecule has 21 heavy (non-hydrogen) atoms. The lowest BCUT2D eigenvalue weighted by Gasteiger charge is -2.27. The molecule has 1 saturated carbocycles. The summed E-state index contributed by atoms with van der Waals surface area (Å²) < 4.78 is 0. The van der Waals surface area contributed by atoms with Crippen LogP contribution in [-0.4, -0.2) is 11.9 Å². The molecule has 0 aromatic heterocycles. The van der Waals surface area contributed by atoms with E-state index >= 15 is 0 Å². The number of carbonyl (C=O) groups is 2. The van der Waals surface area contributed by atoms with Gasteiger partial charge < -0.3 is 15.2 Å². The van der Waals surface area contributed by atoms with Crippen molar-refractivity contribution >= 4 is 40.8 Å². The zero-order valence-corrected chi connectivity index (χ0v) is 12.4. The number of amides is 1. The average Bonchev–Trinajstić information content (AvgIpc) is 3.03. The van der Waals surface area contributed by atoms with E-state index in [1.807, 2.05) is 12.2 Å². The van der Waals surface area contributed by atoms with Crippen LogP contribution in [0.25, 0.3) is 0 Å². The second-order valence-electron chi connectivity index (χ2n) is 5.44. The number of benzene rings is 1. The minimum absolute atomic E-state index is 0.0410. The lowest BCUT2D eigenvalue weighted by atomic mass is 9.82. The number of carboxylic acid groups (broad SMARTS) is 1. The van der Waals surface area contributed by atoms with Gasteiger partial charge in [-0.2, -0.15) is 0 Å². The fraction of sp³-hybridized carbons (Fsp3) is 0.333. The first-order valence-electron chi connectivity index (χ1n) is 6.62. The first kappa shape index (κ1) is 14.4. The highest BCUT2D eigenvalue weighted by molar-refractivity contribution is 6.42. The Morgan fingerprint density at radius 1 is 1.10 bits per heavy atom. The van der Waals surface area contributed by atoms with E-state index in [1.165, 1.54) is 0 Å². The molecule has 0 radical (unpaired) electrons. The van der Waals surface area contributed by atoms with Crippen molar-refractivity contribution in [2.75, 3.05) is 5.32 Å². The molecule has 4 nitrogen and oxygen atoms in total. The zero-order valence-electron chi connectivity index (χ0n) is 10.9. The number of halogens is 2. The second-order valence-corrected chi connectivity index (χ2v) is 6.25. The topological polar surface area (TPSA) is 69.2 Å². The molecule has 0 unspecified atom stereocenters. The summed E-state index contributed by atoms with van der Waals surface area (Å²) in [5.41, 5.74) is 0.498. The highest BCUT2D eigenvalue weighted by Crippen LogP contribution is 2.48. The van der Waals surface area contributed by atoms with Gasteiger partial charge in [0.15, 0.2) is 0 Å². The molecule has 0 aliphatic heterocycles. The summed E-state index contributed by atoms with van der Waals surface area (Å²) in [6.45, 7) is 0. The van der Waals surface area contributed by atoms with Gasteiger partial charge in [-0.25, -0.2) is 0 Å². The first-order chi connectivity index (χ1) is 9.97. The molecule has 6 heteroatoms. The number of anilines is 1. The van der Waals surface area contributed by atoms with Crippen LogP contribution >= 0.6 is 23.2 Å². The van der Waals surface area contributed by atoms with Gasteiger partial charge in [0.1, 0.15) is 0 Å². The Morgan fingerprint density at radius 2 is 1.76 bits per heavy atom. The van der Waals surface area contributed by atoms with Crippen molar-refractivity contribution in [2.45, 2.75) is 6.42 Å². The zero-order chi connectivity index (χ0) is 15.1. The summed E-state index contributed by atoms with van der Waals surface area (Å²) in [5.74, 6) is -2.99. The van der Waals surface area contributed by atoms with Crippen LogP contribution in [0.5, 0.6) is 0 Å². The largest absolute Gasteiger partial charge is 0.550 e. The molecule has 0 saturated heterocycles. The Balaban J connectivity index is 1.80. The van der Waals surface area contributed by atoms with Gasteiger partial charge in [-0.05, 0) is 36.5 Å². The van der Waals surface area contributed by atoms with E-state index in [4.69, 9.17) is 23.2 Å². The van der Waals surface area contributed by atoms with Crippen molar-refractivity contribution in [3.8, 4) is 0 Å². The summed E-state index contributed by atoms with van der Waals surface area (Å²) in [5, 5.41) is 14.7. The van der Waals surface area contributed by atoms with Crippen LogP contribution in [-0.2, 0) is 9.59 Å². The van der Waals surface area contributed by atoms with Gasteiger partial charge in [-0.1, -0.05) is 35.4 Å².